The van der Waals surface area contributed by atoms with E-state index in [9.17, 15) is 19.1 Å². The van der Waals surface area contributed by atoms with Gasteiger partial charge in [0.15, 0.2) is 5.78 Å². The number of Topliss-reactive ketones (excluding diaryl/α,β-unsaturated/α-hetero) is 1. The van der Waals surface area contributed by atoms with Crippen LogP contribution in [-0.4, -0.2) is 15.9 Å². The summed E-state index contributed by atoms with van der Waals surface area (Å²) in [5.74, 6) is -0.667. The third-order valence-electron chi connectivity index (χ3n) is 5.69. The molecule has 38 heavy (non-hydrogen) atoms. The van der Waals surface area contributed by atoms with Gasteiger partial charge in [-0.05, 0) is 62.1 Å². The first-order valence-electron chi connectivity index (χ1n) is 12.0. The van der Waals surface area contributed by atoms with Crippen LogP contribution in [-0.2, 0) is 6.42 Å². The molecule has 0 aliphatic heterocycles. The number of aromatic hydroxyl groups is 1. The zero-order valence-electron chi connectivity index (χ0n) is 20.9. The fraction of sp³-hybridized carbons (Fsp3) is 0.167. The third-order valence-corrected chi connectivity index (χ3v) is 6.51. The Kier molecular flexibility index (Phi) is 8.66. The number of carbonyl (C=O) groups excluding carboxylic acids is 1. The summed E-state index contributed by atoms with van der Waals surface area (Å²) >= 11 is 1.17. The first kappa shape index (κ1) is 26.8. The van der Waals surface area contributed by atoms with Crippen LogP contribution in [0.4, 0.5) is 4.39 Å². The molecule has 2 aromatic heterocycles. The van der Waals surface area contributed by atoms with Gasteiger partial charge in [0.1, 0.15) is 28.6 Å². The van der Waals surface area contributed by atoms with E-state index in [0.29, 0.717) is 33.6 Å². The van der Waals surface area contributed by atoms with Crippen molar-refractivity contribution in [1.29, 1.82) is 0 Å². The smallest absolute Gasteiger partial charge is 0.351 e. The van der Waals surface area contributed by atoms with Gasteiger partial charge in [-0.25, -0.2) is 14.2 Å². The first-order valence-corrected chi connectivity index (χ1v) is 12.9. The van der Waals surface area contributed by atoms with Crippen LogP contribution in [0.25, 0.3) is 17.2 Å². The van der Waals surface area contributed by atoms with Crippen molar-refractivity contribution in [2.45, 2.75) is 33.1 Å². The van der Waals surface area contributed by atoms with E-state index < -0.39 is 22.7 Å². The van der Waals surface area contributed by atoms with E-state index in [2.05, 4.69) is 4.98 Å². The highest BCUT2D eigenvalue weighted by Crippen LogP contribution is 2.32. The summed E-state index contributed by atoms with van der Waals surface area (Å²) in [7, 11) is 0. The minimum absolute atomic E-state index is 0.219. The molecule has 0 atom stereocenters. The number of carbonyl (C=O) groups is 1. The summed E-state index contributed by atoms with van der Waals surface area (Å²) in [5, 5.41) is 10.7. The zero-order chi connectivity index (χ0) is 27.1. The molecular formula is C30H26FNO5S. The van der Waals surface area contributed by atoms with Crippen LogP contribution in [0.15, 0.2) is 87.7 Å². The molecule has 1 N–H and O–H groups in total. The number of unbranched alkanes of at least 4 members (excludes halogenated alkanes) is 1. The zero-order valence-corrected chi connectivity index (χ0v) is 21.8. The second-order valence-corrected chi connectivity index (χ2v) is 9.54. The maximum absolute atomic E-state index is 14.4. The Balaban J connectivity index is 1.48. The minimum Gasteiger partial charge on any atom is -0.507 e. The molecule has 2 heterocycles. The topological polar surface area (TPSA) is 89.6 Å². The number of halogens is 1. The Bertz CT molecular complexity index is 1550. The van der Waals surface area contributed by atoms with Crippen molar-refractivity contribution < 1.29 is 23.4 Å². The molecular weight excluding hydrogens is 505 g/mol. The molecule has 0 bridgehead atoms. The molecule has 4 aromatic rings. The summed E-state index contributed by atoms with van der Waals surface area (Å²) in [6, 6.07) is 14.9. The second kappa shape index (κ2) is 12.3. The average Bonchev–Trinajstić information content (AvgIpc) is 3.34. The quantitative estimate of drug-likeness (QED) is 0.0982. The summed E-state index contributed by atoms with van der Waals surface area (Å²) in [6.07, 6.45) is 9.06. The molecule has 0 aliphatic rings. The average molecular weight is 532 g/mol. The number of allylic oxidation sites excluding steroid dienone is 3. The number of rotatable bonds is 10. The molecule has 8 heteroatoms. The summed E-state index contributed by atoms with van der Waals surface area (Å²) in [6.45, 7) is 3.47. The van der Waals surface area contributed by atoms with E-state index in [1.165, 1.54) is 35.7 Å². The molecule has 0 radical (unpaired) electrons. The number of benzene rings is 2. The molecule has 0 aliphatic carbocycles. The Hall–Kier alpha value is -4.30. The molecule has 0 unspecified atom stereocenters. The van der Waals surface area contributed by atoms with Crippen molar-refractivity contribution in [3.63, 3.8) is 0 Å². The van der Waals surface area contributed by atoms with Gasteiger partial charge in [0, 0.05) is 24.2 Å². The fourth-order valence-corrected chi connectivity index (χ4v) is 4.58. The van der Waals surface area contributed by atoms with Crippen molar-refractivity contribution in [3.8, 4) is 27.8 Å². The van der Waals surface area contributed by atoms with Crippen LogP contribution in [0.1, 0.15) is 47.7 Å². The predicted molar refractivity (Wildman–Crippen MR) is 146 cm³/mol. The predicted octanol–water partition coefficient (Wildman–Crippen LogP) is 7.59. The van der Waals surface area contributed by atoms with Gasteiger partial charge in [0.05, 0.1) is 4.88 Å². The van der Waals surface area contributed by atoms with Gasteiger partial charge in [0.2, 0.25) is 0 Å². The summed E-state index contributed by atoms with van der Waals surface area (Å²) < 4.78 is 25.4. The highest BCUT2D eigenvalue weighted by atomic mass is 32.1. The standard InChI is InChI=1S/C30H26FNO5S/c1-3-4-5-9-12-21-17-26(33)27(29(35)36-21)28(34)19(2)15-23-18-32-30(38-23)37-22-13-14-25(31)24(16-22)20-10-7-6-8-11-20/h3-4,6-8,10-11,13-18,33H,5,9,12H2,1-2H3/b4-3+,19-15+. The van der Waals surface area contributed by atoms with Gasteiger partial charge in [-0.15, -0.1) is 0 Å². The van der Waals surface area contributed by atoms with E-state index in [-0.39, 0.29) is 11.4 Å². The Labute approximate surface area is 223 Å². The lowest BCUT2D eigenvalue weighted by molar-refractivity contribution is 0.102. The van der Waals surface area contributed by atoms with Crippen LogP contribution in [0, 0.1) is 5.82 Å². The molecule has 4 rings (SSSR count). The number of thiazole rings is 1. The molecule has 6 nitrogen and oxygen atoms in total. The van der Waals surface area contributed by atoms with Crippen molar-refractivity contribution in [2.24, 2.45) is 0 Å². The largest absolute Gasteiger partial charge is 0.507 e. The summed E-state index contributed by atoms with van der Waals surface area (Å²) in [5.41, 5.74) is 0.0709. The normalized spacial score (nSPS) is 11.7. The Morgan fingerprint density at radius 1 is 1.18 bits per heavy atom. The fourth-order valence-electron chi connectivity index (χ4n) is 3.79. The number of nitrogens with zero attached hydrogens (tertiary/aromatic N) is 1. The molecule has 2 aromatic carbocycles. The van der Waals surface area contributed by atoms with E-state index in [1.54, 1.807) is 19.1 Å². The number of aryl methyl sites for hydroxylation is 1. The van der Waals surface area contributed by atoms with Gasteiger partial charge >= 0.3 is 5.63 Å². The molecule has 0 fully saturated rings. The first-order chi connectivity index (χ1) is 18.4. The highest BCUT2D eigenvalue weighted by molar-refractivity contribution is 7.14. The van der Waals surface area contributed by atoms with Crippen LogP contribution >= 0.6 is 11.3 Å². The van der Waals surface area contributed by atoms with Crippen LogP contribution in [0.2, 0.25) is 0 Å². The van der Waals surface area contributed by atoms with Crippen molar-refractivity contribution in [2.75, 3.05) is 0 Å². The molecule has 0 spiro atoms. The molecule has 0 amide bonds. The number of hydrogen-bond acceptors (Lipinski definition) is 7. The molecule has 0 saturated heterocycles. The van der Waals surface area contributed by atoms with Crippen molar-refractivity contribution in [3.05, 3.63) is 111 Å². The van der Waals surface area contributed by atoms with E-state index >= 15 is 0 Å². The van der Waals surface area contributed by atoms with Gasteiger partial charge in [-0.3, -0.25) is 4.79 Å². The van der Waals surface area contributed by atoms with Crippen LogP contribution in [0.3, 0.4) is 0 Å². The number of aromatic nitrogens is 1. The second-order valence-electron chi connectivity index (χ2n) is 8.52. The third kappa shape index (κ3) is 6.52. The Morgan fingerprint density at radius 2 is 1.97 bits per heavy atom. The lowest BCUT2D eigenvalue weighted by atomic mass is 10.0. The number of ketones is 1. The monoisotopic (exact) mass is 531 g/mol. The number of hydrogen-bond donors (Lipinski definition) is 1. The Morgan fingerprint density at radius 3 is 2.71 bits per heavy atom. The van der Waals surface area contributed by atoms with E-state index in [4.69, 9.17) is 9.15 Å². The molecule has 0 saturated carbocycles. The lowest BCUT2D eigenvalue weighted by Crippen LogP contribution is -2.16. The van der Waals surface area contributed by atoms with Crippen molar-refractivity contribution >= 4 is 23.2 Å². The van der Waals surface area contributed by atoms with E-state index in [0.717, 1.165) is 18.4 Å². The SMILES string of the molecule is C/C=C/CCCc1cc(O)c(C(=O)/C(C)=C/c2cnc(Oc3ccc(F)c(-c4ccccc4)c3)s2)c(=O)o1. The maximum atomic E-state index is 14.4. The minimum atomic E-state index is -0.873. The van der Waals surface area contributed by atoms with Crippen LogP contribution in [0.5, 0.6) is 16.7 Å². The maximum Gasteiger partial charge on any atom is 0.351 e. The van der Waals surface area contributed by atoms with Gasteiger partial charge < -0.3 is 14.3 Å². The molecule has 194 valence electrons. The van der Waals surface area contributed by atoms with Gasteiger partial charge in [0.25, 0.3) is 5.19 Å². The van der Waals surface area contributed by atoms with Gasteiger partial charge in [-0.2, -0.15) is 0 Å². The lowest BCUT2D eigenvalue weighted by Gasteiger charge is -2.07. The number of ether oxygens (including phenoxy) is 1. The van der Waals surface area contributed by atoms with Crippen molar-refractivity contribution in [1.82, 2.24) is 4.98 Å². The van der Waals surface area contributed by atoms with Crippen LogP contribution < -0.4 is 10.4 Å². The van der Waals surface area contributed by atoms with Gasteiger partial charge in [-0.1, -0.05) is 53.8 Å². The summed E-state index contributed by atoms with van der Waals surface area (Å²) in [4.78, 5) is 30.2. The highest BCUT2D eigenvalue weighted by Gasteiger charge is 2.21. The van der Waals surface area contributed by atoms with E-state index in [1.807, 2.05) is 49.4 Å².